The molecule has 0 bridgehead atoms. The van der Waals surface area contributed by atoms with E-state index in [1.54, 1.807) is 6.07 Å². The largest absolute Gasteiger partial charge is 0.326 e. The van der Waals surface area contributed by atoms with Crippen LogP contribution in [0.4, 0.5) is 8.78 Å². The van der Waals surface area contributed by atoms with Crippen LogP contribution in [0, 0.1) is 25.5 Å². The quantitative estimate of drug-likeness (QED) is 0.860. The van der Waals surface area contributed by atoms with Crippen molar-refractivity contribution in [2.24, 2.45) is 5.73 Å². The Balaban J connectivity index is 2.72. The minimum absolute atomic E-state index is 0.252. The Bertz CT molecular complexity index is 568. The van der Waals surface area contributed by atoms with Gasteiger partial charge in [-0.05, 0) is 54.3 Å². The van der Waals surface area contributed by atoms with Gasteiger partial charge in [0.05, 0.1) is 0 Å². The molecule has 0 fully saturated rings. The van der Waals surface area contributed by atoms with E-state index in [1.807, 2.05) is 19.9 Å². The van der Waals surface area contributed by atoms with Gasteiger partial charge in [0.25, 0.3) is 0 Å². The van der Waals surface area contributed by atoms with Gasteiger partial charge in [0.1, 0.15) is 11.6 Å². The van der Waals surface area contributed by atoms with E-state index in [9.17, 15) is 8.78 Å². The Kier molecular flexibility index (Phi) is 3.43. The maximum atomic E-state index is 14.1. The summed E-state index contributed by atoms with van der Waals surface area (Å²) in [5.74, 6) is -0.727. The molecule has 0 saturated carbocycles. The summed E-state index contributed by atoms with van der Waals surface area (Å²) in [5, 5.41) is 0. The summed E-state index contributed by atoms with van der Waals surface area (Å²) in [6.07, 6.45) is 0. The average Bonchev–Trinajstić information content (AvgIpc) is 2.28. The fourth-order valence-corrected chi connectivity index (χ4v) is 2.22. The molecule has 18 heavy (non-hydrogen) atoms. The van der Waals surface area contributed by atoms with Gasteiger partial charge in [0, 0.05) is 12.1 Å². The van der Waals surface area contributed by atoms with E-state index in [2.05, 4.69) is 0 Å². The molecular formula is C15H15F2N. The zero-order chi connectivity index (χ0) is 13.3. The van der Waals surface area contributed by atoms with Crippen molar-refractivity contribution in [2.75, 3.05) is 0 Å². The first-order chi connectivity index (χ1) is 8.52. The van der Waals surface area contributed by atoms with Crippen LogP contribution in [0.1, 0.15) is 16.7 Å². The molecule has 0 unspecified atom stereocenters. The molecule has 3 heteroatoms. The van der Waals surface area contributed by atoms with E-state index in [-0.39, 0.29) is 18.2 Å². The van der Waals surface area contributed by atoms with E-state index in [0.717, 1.165) is 16.7 Å². The Morgan fingerprint density at radius 3 is 2.39 bits per heavy atom. The molecule has 1 nitrogen and oxygen atoms in total. The number of rotatable bonds is 2. The second kappa shape index (κ2) is 4.86. The lowest BCUT2D eigenvalue weighted by atomic mass is 9.94. The lowest BCUT2D eigenvalue weighted by molar-refractivity contribution is 0.622. The van der Waals surface area contributed by atoms with Crippen LogP contribution in [0.15, 0.2) is 30.3 Å². The lowest BCUT2D eigenvalue weighted by Crippen LogP contribution is -2.02. The van der Waals surface area contributed by atoms with Crippen LogP contribution >= 0.6 is 0 Å². The predicted molar refractivity (Wildman–Crippen MR) is 69.2 cm³/mol. The summed E-state index contributed by atoms with van der Waals surface area (Å²) in [5.41, 5.74) is 8.96. The van der Waals surface area contributed by atoms with E-state index in [0.29, 0.717) is 11.1 Å². The molecule has 0 spiro atoms. The third-order valence-electron chi connectivity index (χ3n) is 2.99. The fourth-order valence-electron chi connectivity index (χ4n) is 2.22. The van der Waals surface area contributed by atoms with Crippen LogP contribution < -0.4 is 5.73 Å². The van der Waals surface area contributed by atoms with Gasteiger partial charge >= 0.3 is 0 Å². The van der Waals surface area contributed by atoms with Crippen LogP contribution in [0.3, 0.4) is 0 Å². The van der Waals surface area contributed by atoms with Crippen molar-refractivity contribution in [3.05, 3.63) is 58.7 Å². The number of hydrogen-bond acceptors (Lipinski definition) is 1. The molecule has 0 atom stereocenters. The van der Waals surface area contributed by atoms with E-state index in [1.165, 1.54) is 18.2 Å². The monoisotopic (exact) mass is 247 g/mol. The van der Waals surface area contributed by atoms with Crippen molar-refractivity contribution < 1.29 is 8.78 Å². The molecule has 0 heterocycles. The van der Waals surface area contributed by atoms with Crippen molar-refractivity contribution >= 4 is 0 Å². The average molecular weight is 247 g/mol. The van der Waals surface area contributed by atoms with E-state index in [4.69, 9.17) is 5.73 Å². The van der Waals surface area contributed by atoms with Crippen molar-refractivity contribution in [3.8, 4) is 11.1 Å². The summed E-state index contributed by atoms with van der Waals surface area (Å²) >= 11 is 0. The fraction of sp³-hybridized carbons (Fsp3) is 0.200. The van der Waals surface area contributed by atoms with E-state index < -0.39 is 0 Å². The smallest absolute Gasteiger partial charge is 0.131 e. The topological polar surface area (TPSA) is 26.0 Å². The Hall–Kier alpha value is -1.74. The van der Waals surface area contributed by atoms with Crippen LogP contribution in [-0.4, -0.2) is 0 Å². The molecule has 94 valence electrons. The summed E-state index contributed by atoms with van der Waals surface area (Å²) in [6.45, 7) is 3.90. The maximum Gasteiger partial charge on any atom is 0.131 e. The zero-order valence-electron chi connectivity index (χ0n) is 10.4. The molecule has 0 aliphatic rings. The number of nitrogens with two attached hydrogens (primary N) is 1. The molecule has 2 N–H and O–H groups in total. The lowest BCUT2D eigenvalue weighted by Gasteiger charge is -2.13. The standard InChI is InChI=1S/C15H15F2N/c1-9-5-10(2)15(14(17)6-9)13-7-12(16)4-3-11(13)8-18/h3-7H,8,18H2,1-2H3. The van der Waals surface area contributed by atoms with Gasteiger partial charge in [-0.25, -0.2) is 8.78 Å². The minimum Gasteiger partial charge on any atom is -0.326 e. The van der Waals surface area contributed by atoms with E-state index >= 15 is 0 Å². The number of halogens is 2. The predicted octanol–water partition coefficient (Wildman–Crippen LogP) is 3.71. The van der Waals surface area contributed by atoms with Crippen molar-refractivity contribution in [1.29, 1.82) is 0 Å². The maximum absolute atomic E-state index is 14.1. The van der Waals surface area contributed by atoms with Gasteiger partial charge in [-0.2, -0.15) is 0 Å². The highest BCUT2D eigenvalue weighted by Gasteiger charge is 2.13. The molecule has 2 aromatic carbocycles. The summed E-state index contributed by atoms with van der Waals surface area (Å²) in [4.78, 5) is 0. The third-order valence-corrected chi connectivity index (χ3v) is 2.99. The summed E-state index contributed by atoms with van der Waals surface area (Å²) in [6, 6.07) is 7.61. The zero-order valence-corrected chi connectivity index (χ0v) is 10.4. The Labute approximate surface area is 105 Å². The highest BCUT2D eigenvalue weighted by Crippen LogP contribution is 2.31. The Morgan fingerprint density at radius 2 is 1.78 bits per heavy atom. The molecule has 0 aromatic heterocycles. The van der Waals surface area contributed by atoms with Crippen LogP contribution in [0.5, 0.6) is 0 Å². The number of benzene rings is 2. The van der Waals surface area contributed by atoms with Crippen molar-refractivity contribution in [3.63, 3.8) is 0 Å². The molecule has 0 aliphatic carbocycles. The van der Waals surface area contributed by atoms with Gasteiger partial charge < -0.3 is 5.73 Å². The second-order valence-electron chi connectivity index (χ2n) is 4.44. The van der Waals surface area contributed by atoms with Gasteiger partial charge in [-0.1, -0.05) is 12.1 Å². The number of aryl methyl sites for hydroxylation is 2. The van der Waals surface area contributed by atoms with Gasteiger partial charge in [0.2, 0.25) is 0 Å². The highest BCUT2D eigenvalue weighted by molar-refractivity contribution is 5.71. The first kappa shape index (κ1) is 12.7. The second-order valence-corrected chi connectivity index (χ2v) is 4.44. The van der Waals surface area contributed by atoms with Crippen LogP contribution in [-0.2, 0) is 6.54 Å². The molecular weight excluding hydrogens is 232 g/mol. The van der Waals surface area contributed by atoms with Crippen molar-refractivity contribution in [1.82, 2.24) is 0 Å². The first-order valence-electron chi connectivity index (χ1n) is 5.78. The number of hydrogen-bond donors (Lipinski definition) is 1. The van der Waals surface area contributed by atoms with Gasteiger partial charge in [0.15, 0.2) is 0 Å². The summed E-state index contributed by atoms with van der Waals surface area (Å²) < 4.78 is 27.4. The molecule has 2 rings (SSSR count). The van der Waals surface area contributed by atoms with Gasteiger partial charge in [-0.15, -0.1) is 0 Å². The highest BCUT2D eigenvalue weighted by atomic mass is 19.1. The third kappa shape index (κ3) is 2.27. The van der Waals surface area contributed by atoms with Gasteiger partial charge in [-0.3, -0.25) is 0 Å². The minimum atomic E-state index is -0.387. The summed E-state index contributed by atoms with van der Waals surface area (Å²) in [7, 11) is 0. The molecule has 0 aliphatic heterocycles. The van der Waals surface area contributed by atoms with Crippen molar-refractivity contribution in [2.45, 2.75) is 20.4 Å². The first-order valence-corrected chi connectivity index (χ1v) is 5.78. The van der Waals surface area contributed by atoms with Crippen LogP contribution in [0.25, 0.3) is 11.1 Å². The Morgan fingerprint density at radius 1 is 1.06 bits per heavy atom. The molecule has 2 aromatic rings. The molecule has 0 amide bonds. The SMILES string of the molecule is Cc1cc(C)c(-c2cc(F)ccc2CN)c(F)c1. The molecule has 0 radical (unpaired) electrons. The normalized spacial score (nSPS) is 10.7. The van der Waals surface area contributed by atoms with Crippen LogP contribution in [0.2, 0.25) is 0 Å². The molecule has 0 saturated heterocycles.